The molecule has 1 heterocycles. The molecule has 0 bridgehead atoms. The number of anilines is 1. The van der Waals surface area contributed by atoms with Crippen molar-refractivity contribution >= 4 is 33.0 Å². The van der Waals surface area contributed by atoms with E-state index in [1.54, 1.807) is 0 Å². The van der Waals surface area contributed by atoms with Gasteiger partial charge in [0.2, 0.25) is 0 Å². The van der Waals surface area contributed by atoms with E-state index in [2.05, 4.69) is 6.07 Å². The van der Waals surface area contributed by atoms with Gasteiger partial charge < -0.3 is 10.6 Å². The molecule has 2 N–H and O–H groups in total. The van der Waals surface area contributed by atoms with Gasteiger partial charge in [-0.3, -0.25) is 4.79 Å². The van der Waals surface area contributed by atoms with E-state index in [-0.39, 0.29) is 5.91 Å². The van der Waals surface area contributed by atoms with E-state index < -0.39 is 0 Å². The summed E-state index contributed by atoms with van der Waals surface area (Å²) >= 11 is 1.49. The van der Waals surface area contributed by atoms with Crippen LogP contribution in [-0.4, -0.2) is 23.4 Å². The first kappa shape index (κ1) is 12.9. The van der Waals surface area contributed by atoms with Crippen molar-refractivity contribution < 1.29 is 4.79 Å². The SMILES string of the molecule is N#CCCN(C(=O)c1cc2cc(N)ccc2s1)C1CC1. The third-order valence-electron chi connectivity index (χ3n) is 3.46. The largest absolute Gasteiger partial charge is 0.399 e. The summed E-state index contributed by atoms with van der Waals surface area (Å²) in [5.74, 6) is 0.0440. The van der Waals surface area contributed by atoms with Gasteiger partial charge in [-0.25, -0.2) is 0 Å². The maximum absolute atomic E-state index is 12.6. The lowest BCUT2D eigenvalue weighted by atomic mass is 10.2. The Kier molecular flexibility index (Phi) is 3.33. The fraction of sp³-hybridized carbons (Fsp3) is 0.333. The van der Waals surface area contributed by atoms with E-state index in [0.717, 1.165) is 27.8 Å². The fourth-order valence-electron chi connectivity index (χ4n) is 2.32. The quantitative estimate of drug-likeness (QED) is 0.878. The number of nitrogens with zero attached hydrogens (tertiary/aromatic N) is 2. The standard InChI is InChI=1S/C15H15N3OS/c16-6-1-7-18(12-3-4-12)15(19)14-9-10-8-11(17)2-5-13(10)20-14/h2,5,8-9,12H,1,3-4,7,17H2. The van der Waals surface area contributed by atoms with Crippen LogP contribution in [0.2, 0.25) is 0 Å². The molecule has 4 nitrogen and oxygen atoms in total. The number of hydrogen-bond donors (Lipinski definition) is 1. The Balaban J connectivity index is 1.88. The van der Waals surface area contributed by atoms with E-state index in [9.17, 15) is 4.79 Å². The zero-order valence-corrected chi connectivity index (χ0v) is 11.8. The number of hydrogen-bond acceptors (Lipinski definition) is 4. The van der Waals surface area contributed by atoms with Crippen molar-refractivity contribution in [2.75, 3.05) is 12.3 Å². The number of carbonyl (C=O) groups excluding carboxylic acids is 1. The summed E-state index contributed by atoms with van der Waals surface area (Å²) in [6.45, 7) is 0.524. The van der Waals surface area contributed by atoms with Crippen LogP contribution in [0.3, 0.4) is 0 Å². The Morgan fingerprint density at radius 2 is 2.25 bits per heavy atom. The van der Waals surface area contributed by atoms with Crippen LogP contribution >= 0.6 is 11.3 Å². The lowest BCUT2D eigenvalue weighted by Crippen LogP contribution is -2.33. The molecule has 102 valence electrons. The number of carbonyl (C=O) groups is 1. The van der Waals surface area contributed by atoms with E-state index >= 15 is 0 Å². The molecule has 1 fully saturated rings. The van der Waals surface area contributed by atoms with Gasteiger partial charge in [0.1, 0.15) is 0 Å². The molecule has 0 atom stereocenters. The van der Waals surface area contributed by atoms with Crippen LogP contribution in [0.5, 0.6) is 0 Å². The lowest BCUT2D eigenvalue weighted by molar-refractivity contribution is 0.0752. The molecule has 0 saturated heterocycles. The second-order valence-electron chi connectivity index (χ2n) is 5.05. The average Bonchev–Trinajstić information content (AvgIpc) is 3.18. The van der Waals surface area contributed by atoms with Crippen LogP contribution in [-0.2, 0) is 0 Å². The zero-order valence-electron chi connectivity index (χ0n) is 11.0. The Morgan fingerprint density at radius 1 is 1.45 bits per heavy atom. The van der Waals surface area contributed by atoms with Crippen molar-refractivity contribution in [2.24, 2.45) is 0 Å². The third-order valence-corrected chi connectivity index (χ3v) is 4.57. The number of nitriles is 1. The van der Waals surface area contributed by atoms with Gasteiger partial charge >= 0.3 is 0 Å². The highest BCUT2D eigenvalue weighted by molar-refractivity contribution is 7.20. The molecule has 0 aliphatic heterocycles. The summed E-state index contributed by atoms with van der Waals surface area (Å²) in [5, 5.41) is 9.72. The normalized spacial score (nSPS) is 14.2. The molecule has 1 aromatic carbocycles. The highest BCUT2D eigenvalue weighted by Crippen LogP contribution is 2.32. The van der Waals surface area contributed by atoms with Crippen LogP contribution in [0.1, 0.15) is 28.9 Å². The van der Waals surface area contributed by atoms with Gasteiger partial charge in [-0.2, -0.15) is 5.26 Å². The van der Waals surface area contributed by atoms with Gasteiger partial charge in [0.05, 0.1) is 17.4 Å². The molecular formula is C15H15N3OS. The summed E-state index contributed by atoms with van der Waals surface area (Å²) in [7, 11) is 0. The van der Waals surface area contributed by atoms with Crippen molar-refractivity contribution in [2.45, 2.75) is 25.3 Å². The number of thiophene rings is 1. The van der Waals surface area contributed by atoms with Crippen LogP contribution in [0.4, 0.5) is 5.69 Å². The van der Waals surface area contributed by atoms with Crippen molar-refractivity contribution in [1.29, 1.82) is 5.26 Å². The van der Waals surface area contributed by atoms with Gasteiger partial charge in [0, 0.05) is 23.0 Å². The summed E-state index contributed by atoms with van der Waals surface area (Å²) in [4.78, 5) is 15.2. The van der Waals surface area contributed by atoms with Gasteiger partial charge in [0.15, 0.2) is 0 Å². The first-order valence-corrected chi connectivity index (χ1v) is 7.47. The Bertz CT molecular complexity index is 697. The molecule has 0 spiro atoms. The summed E-state index contributed by atoms with van der Waals surface area (Å²) < 4.78 is 1.07. The topological polar surface area (TPSA) is 70.1 Å². The molecule has 2 aromatic rings. The highest BCUT2D eigenvalue weighted by atomic mass is 32.1. The molecule has 5 heteroatoms. The molecule has 1 amide bonds. The molecule has 1 aliphatic rings. The molecule has 0 unspecified atom stereocenters. The number of rotatable bonds is 4. The first-order chi connectivity index (χ1) is 9.69. The number of benzene rings is 1. The van der Waals surface area contributed by atoms with E-state index in [4.69, 9.17) is 11.0 Å². The highest BCUT2D eigenvalue weighted by Gasteiger charge is 2.33. The minimum Gasteiger partial charge on any atom is -0.399 e. The van der Waals surface area contributed by atoms with Gasteiger partial charge in [-0.15, -0.1) is 11.3 Å². The second-order valence-corrected chi connectivity index (χ2v) is 6.13. The number of fused-ring (bicyclic) bond motifs is 1. The first-order valence-electron chi connectivity index (χ1n) is 6.66. The van der Waals surface area contributed by atoms with Crippen LogP contribution in [0, 0.1) is 11.3 Å². The molecular weight excluding hydrogens is 270 g/mol. The Hall–Kier alpha value is -2.06. The predicted octanol–water partition coefficient (Wildman–Crippen LogP) is 3.00. The van der Waals surface area contributed by atoms with Crippen LogP contribution < -0.4 is 5.73 Å². The molecule has 1 aromatic heterocycles. The number of nitrogen functional groups attached to an aromatic ring is 1. The van der Waals surface area contributed by atoms with E-state index in [0.29, 0.717) is 24.7 Å². The van der Waals surface area contributed by atoms with Gasteiger partial charge in [0.25, 0.3) is 5.91 Å². The fourth-order valence-corrected chi connectivity index (χ4v) is 3.31. The third kappa shape index (κ3) is 2.47. The molecule has 20 heavy (non-hydrogen) atoms. The Morgan fingerprint density at radius 3 is 2.95 bits per heavy atom. The maximum Gasteiger partial charge on any atom is 0.264 e. The predicted molar refractivity (Wildman–Crippen MR) is 80.5 cm³/mol. The van der Waals surface area contributed by atoms with Crippen LogP contribution in [0.15, 0.2) is 24.3 Å². The van der Waals surface area contributed by atoms with E-state index in [1.165, 1.54) is 11.3 Å². The van der Waals surface area contributed by atoms with Crippen LogP contribution in [0.25, 0.3) is 10.1 Å². The van der Waals surface area contributed by atoms with Gasteiger partial charge in [-0.05, 0) is 42.5 Å². The summed E-state index contributed by atoms with van der Waals surface area (Å²) in [6, 6.07) is 10.0. The molecule has 1 saturated carbocycles. The smallest absolute Gasteiger partial charge is 0.264 e. The summed E-state index contributed by atoms with van der Waals surface area (Å²) in [6.07, 6.45) is 2.49. The van der Waals surface area contributed by atoms with Crippen molar-refractivity contribution in [3.8, 4) is 6.07 Å². The Labute approximate surface area is 121 Å². The molecule has 0 radical (unpaired) electrons. The van der Waals surface area contributed by atoms with E-state index in [1.807, 2.05) is 29.2 Å². The second kappa shape index (κ2) is 5.14. The minimum absolute atomic E-state index is 0.0440. The zero-order chi connectivity index (χ0) is 14.1. The number of amides is 1. The maximum atomic E-state index is 12.6. The van der Waals surface area contributed by atoms with Crippen molar-refractivity contribution in [3.05, 3.63) is 29.1 Å². The number of nitrogens with two attached hydrogens (primary N) is 1. The van der Waals surface area contributed by atoms with Crippen molar-refractivity contribution in [3.63, 3.8) is 0 Å². The lowest BCUT2D eigenvalue weighted by Gasteiger charge is -2.20. The van der Waals surface area contributed by atoms with Gasteiger partial charge in [-0.1, -0.05) is 0 Å². The molecule has 1 aliphatic carbocycles. The summed E-state index contributed by atoms with van der Waals surface area (Å²) in [5.41, 5.74) is 6.47. The monoisotopic (exact) mass is 285 g/mol. The van der Waals surface area contributed by atoms with Crippen molar-refractivity contribution in [1.82, 2.24) is 4.90 Å². The molecule has 3 rings (SSSR count). The average molecular weight is 285 g/mol. The minimum atomic E-state index is 0.0440.